The summed E-state index contributed by atoms with van der Waals surface area (Å²) in [5.74, 6) is -0.749. The summed E-state index contributed by atoms with van der Waals surface area (Å²) >= 11 is 11.2. The third-order valence-corrected chi connectivity index (χ3v) is 18.5. The number of nitrogen functional groups attached to an aromatic ring is 6. The van der Waals surface area contributed by atoms with E-state index in [0.29, 0.717) is 21.9 Å². The molecule has 0 unspecified atom stereocenters. The number of aryl methyl sites for hydroxylation is 12. The van der Waals surface area contributed by atoms with Gasteiger partial charge in [0.2, 0.25) is 5.95 Å². The van der Waals surface area contributed by atoms with Crippen molar-refractivity contribution in [3.05, 3.63) is 117 Å². The van der Waals surface area contributed by atoms with Gasteiger partial charge in [-0.05, 0) is 125 Å². The molecule has 0 radical (unpaired) electrons. The lowest BCUT2D eigenvalue weighted by Crippen LogP contribution is -1.89. The van der Waals surface area contributed by atoms with Gasteiger partial charge in [0.05, 0.1) is 55.2 Å². The molecular weight excluding hydrogens is 1060 g/mol. The van der Waals surface area contributed by atoms with Crippen molar-refractivity contribution < 1.29 is 8.78 Å². The van der Waals surface area contributed by atoms with Crippen LogP contribution in [-0.2, 0) is 0 Å². The third kappa shape index (κ3) is 12.1. The van der Waals surface area contributed by atoms with Gasteiger partial charge < -0.3 is 34.4 Å². The Morgan fingerprint density at radius 1 is 0.397 bits per heavy atom. The fourth-order valence-corrected chi connectivity index (χ4v) is 14.2. The zero-order valence-corrected chi connectivity index (χ0v) is 48.0. The molecule has 12 rings (SSSR count). The number of nitrogens with zero attached hydrogens (tertiary/aromatic N) is 7. The molecule has 0 aliphatic heterocycles. The highest BCUT2D eigenvalue weighted by Gasteiger charge is 2.13. The summed E-state index contributed by atoms with van der Waals surface area (Å²) in [5.41, 5.74) is 45.3. The van der Waals surface area contributed by atoms with Crippen LogP contribution in [0.15, 0.2) is 42.6 Å². The molecule has 0 amide bonds. The second-order valence-corrected chi connectivity index (χ2v) is 25.3. The largest absolute Gasteiger partial charge is 0.397 e. The highest BCUT2D eigenvalue weighted by Crippen LogP contribution is 2.38. The first kappa shape index (κ1) is 54.5. The number of rotatable bonds is 0. The van der Waals surface area contributed by atoms with Gasteiger partial charge in [-0.3, -0.25) is 0 Å². The van der Waals surface area contributed by atoms with Crippen LogP contribution in [0.1, 0.15) is 62.6 Å². The molecule has 13 nitrogen and oxygen atoms in total. The molecular formula is C51H55F2N13S7. The zero-order valence-electron chi connectivity index (χ0n) is 42.2. The van der Waals surface area contributed by atoms with E-state index in [1.165, 1.54) is 45.2 Å². The molecule has 12 aromatic heterocycles. The van der Waals surface area contributed by atoms with Gasteiger partial charge in [-0.15, -0.1) is 79.4 Å². The Morgan fingerprint density at radius 3 is 1.51 bits per heavy atom. The number of aromatic nitrogens is 7. The predicted molar refractivity (Wildman–Crippen MR) is 317 cm³/mol. The second-order valence-electron chi connectivity index (χ2n) is 16.9. The molecule has 0 fully saturated rings. The average molecular weight is 1110 g/mol. The van der Waals surface area contributed by atoms with Crippen LogP contribution in [-0.4, -0.2) is 34.9 Å². The summed E-state index contributed by atoms with van der Waals surface area (Å²) in [7, 11) is 0. The van der Waals surface area contributed by atoms with Crippen molar-refractivity contribution in [1.29, 1.82) is 0 Å². The Balaban J connectivity index is 0.000000128. The van der Waals surface area contributed by atoms with Crippen LogP contribution >= 0.6 is 79.4 Å². The van der Waals surface area contributed by atoms with Crippen LogP contribution in [0.5, 0.6) is 0 Å². The summed E-state index contributed by atoms with van der Waals surface area (Å²) in [5, 5.41) is 4.89. The first-order valence-corrected chi connectivity index (χ1v) is 28.1. The quantitative estimate of drug-likeness (QED) is 0.0775. The van der Waals surface area contributed by atoms with E-state index in [1.807, 2.05) is 81.4 Å². The minimum absolute atomic E-state index is 0.294. The minimum Gasteiger partial charge on any atom is -0.397 e. The van der Waals surface area contributed by atoms with E-state index >= 15 is 0 Å². The molecule has 0 saturated carbocycles. The van der Waals surface area contributed by atoms with Gasteiger partial charge in [0, 0.05) is 68.4 Å². The number of anilines is 6. The van der Waals surface area contributed by atoms with Crippen molar-refractivity contribution in [3.63, 3.8) is 0 Å². The monoisotopic (exact) mass is 1110 g/mol. The highest BCUT2D eigenvalue weighted by atomic mass is 32.1. The second kappa shape index (κ2) is 22.5. The summed E-state index contributed by atoms with van der Waals surface area (Å²) < 4.78 is 26.9. The Morgan fingerprint density at radius 2 is 0.877 bits per heavy atom. The Kier molecular flexibility index (Phi) is 16.8. The number of nitrogens with two attached hydrogens (primary N) is 6. The maximum absolute atomic E-state index is 13.1. The number of halogens is 2. The van der Waals surface area contributed by atoms with Crippen molar-refractivity contribution in [2.45, 2.75) is 83.1 Å². The van der Waals surface area contributed by atoms with Gasteiger partial charge in [0.1, 0.15) is 40.3 Å². The molecule has 0 aliphatic carbocycles. The molecule has 0 spiro atoms. The average Bonchev–Trinajstić information content (AvgIpc) is 4.17. The van der Waals surface area contributed by atoms with Crippen molar-refractivity contribution in [1.82, 2.24) is 34.9 Å². The third-order valence-electron chi connectivity index (χ3n) is 11.2. The number of pyridine rings is 4. The van der Waals surface area contributed by atoms with E-state index in [1.54, 1.807) is 75.9 Å². The summed E-state index contributed by atoms with van der Waals surface area (Å²) in [6, 6.07) is 10.5. The normalized spacial score (nSPS) is 10.9. The molecule has 22 heteroatoms. The van der Waals surface area contributed by atoms with E-state index in [2.05, 4.69) is 47.9 Å². The number of thiazole rings is 1. The van der Waals surface area contributed by atoms with Gasteiger partial charge in [-0.2, -0.15) is 4.39 Å². The van der Waals surface area contributed by atoms with Gasteiger partial charge in [-0.1, -0.05) is 0 Å². The van der Waals surface area contributed by atoms with Gasteiger partial charge in [-0.25, -0.2) is 39.3 Å². The van der Waals surface area contributed by atoms with Crippen LogP contribution in [0.25, 0.3) is 60.7 Å². The summed E-state index contributed by atoms with van der Waals surface area (Å²) in [4.78, 5) is 41.8. The van der Waals surface area contributed by atoms with E-state index < -0.39 is 5.95 Å². The van der Waals surface area contributed by atoms with Crippen molar-refractivity contribution in [2.75, 3.05) is 34.4 Å². The molecule has 12 heterocycles. The summed E-state index contributed by atoms with van der Waals surface area (Å²) in [6.45, 7) is 23.6. The Bertz CT molecular complexity index is 3770. The first-order chi connectivity index (χ1) is 34.4. The van der Waals surface area contributed by atoms with Crippen LogP contribution in [0.4, 0.5) is 42.9 Å². The molecule has 12 aromatic rings. The lowest BCUT2D eigenvalue weighted by atomic mass is 10.1. The number of fused-ring (bicyclic) bond motifs is 6. The number of hydrogen-bond donors (Lipinski definition) is 6. The van der Waals surface area contributed by atoms with E-state index in [0.717, 1.165) is 125 Å². The topological polar surface area (TPSA) is 246 Å². The van der Waals surface area contributed by atoms with Gasteiger partial charge in [0.25, 0.3) is 0 Å². The molecule has 0 atom stereocenters. The van der Waals surface area contributed by atoms with Crippen LogP contribution in [0.3, 0.4) is 0 Å². The zero-order chi connectivity index (χ0) is 53.3. The maximum Gasteiger partial charge on any atom is 0.214 e. The SMILES string of the molecule is Cc1cc(C)c2c(N)c(C)sc2n1.Cc1ccc2c(N)c(C)sc2n1.Cc1cnc2c(N)c(C)sc2n1.Cc1nc2sc(C)c(N)c2cc1F.Cc1nc2sc(C)c(N)c2s1.Cc1sc2nc(F)ccc2c1N. The molecule has 0 aromatic carbocycles. The molecule has 380 valence electrons. The Hall–Kier alpha value is -6.27. The molecule has 0 aliphatic rings. The van der Waals surface area contributed by atoms with Crippen molar-refractivity contribution >= 4 is 174 Å². The smallest absolute Gasteiger partial charge is 0.214 e. The van der Waals surface area contributed by atoms with Crippen molar-refractivity contribution in [3.8, 4) is 0 Å². The predicted octanol–water partition coefficient (Wildman–Crippen LogP) is 14.7. The molecule has 73 heavy (non-hydrogen) atoms. The van der Waals surface area contributed by atoms with E-state index in [-0.39, 0.29) is 5.82 Å². The highest BCUT2D eigenvalue weighted by molar-refractivity contribution is 7.28. The minimum atomic E-state index is -0.455. The number of thiophene rings is 6. The number of hydrogen-bond acceptors (Lipinski definition) is 20. The molecule has 12 N–H and O–H groups in total. The lowest BCUT2D eigenvalue weighted by molar-refractivity contribution is 0.590. The van der Waals surface area contributed by atoms with E-state index in [9.17, 15) is 8.78 Å². The lowest BCUT2D eigenvalue weighted by Gasteiger charge is -1.99. The summed E-state index contributed by atoms with van der Waals surface area (Å²) in [6.07, 6.45) is 1.74. The van der Waals surface area contributed by atoms with Gasteiger partial charge in [0.15, 0.2) is 0 Å². The molecule has 0 saturated heterocycles. The Labute approximate surface area is 449 Å². The maximum atomic E-state index is 13.1. The van der Waals surface area contributed by atoms with E-state index in [4.69, 9.17) is 34.4 Å². The van der Waals surface area contributed by atoms with Gasteiger partial charge >= 0.3 is 0 Å². The van der Waals surface area contributed by atoms with Crippen LogP contribution in [0, 0.1) is 94.8 Å². The molecule has 0 bridgehead atoms. The van der Waals surface area contributed by atoms with Crippen LogP contribution in [0.2, 0.25) is 0 Å². The first-order valence-electron chi connectivity index (χ1n) is 22.4. The standard InChI is InChI=1S/C10H12N2S.C9H9FN2S.C9H10N2S.C8H7FN2S.C8H9N3S.C7H8N2S2/c1-5-4-6(2)12-10-8(5)9(11)7(3)13-10;1-4-7(10)3-6-8(11)5(2)13-9(6)12-4;1-5-3-4-7-8(10)6(2)12-9(7)11-5;1-4-7(10)5-2-3-6(9)11-8(5)12-4;1-4-3-10-7-6(9)5(2)12-8(7)11-4;1-3-5(8)6-7(10-3)9-4(2)11-6/h4H,11H2,1-3H3;3H,11H2,1-2H3;3-4H,10H2,1-2H3;2-3H,10H2,1H3;3H,9H2,1-2H3;8H2,1-2H3. The fraction of sp³-hybridized carbons (Fsp3) is 0.235. The van der Waals surface area contributed by atoms with Crippen molar-refractivity contribution in [2.24, 2.45) is 0 Å². The fourth-order valence-electron chi connectivity index (χ4n) is 7.18. The van der Waals surface area contributed by atoms with Crippen LogP contribution < -0.4 is 34.4 Å².